The number of ketones is 1. The number of carbonyl (C=O) groups is 1. The van der Waals surface area contributed by atoms with Crippen LogP contribution in [0.3, 0.4) is 0 Å². The lowest BCUT2D eigenvalue weighted by molar-refractivity contribution is 0.101. The van der Waals surface area contributed by atoms with E-state index in [0.717, 1.165) is 22.6 Å². The number of ether oxygens (including phenoxy) is 2. The van der Waals surface area contributed by atoms with Crippen LogP contribution >= 0.6 is 0 Å². The lowest BCUT2D eigenvalue weighted by atomic mass is 10.0. The van der Waals surface area contributed by atoms with Crippen LogP contribution in [0.2, 0.25) is 0 Å². The molecule has 0 atom stereocenters. The van der Waals surface area contributed by atoms with Gasteiger partial charge in [-0.05, 0) is 48.7 Å². The maximum Gasteiger partial charge on any atom is 0.231 e. The monoisotopic (exact) mass is 295 g/mol. The number of hydrogen-bond acceptors (Lipinski definition) is 4. The Hall–Kier alpha value is -2.75. The van der Waals surface area contributed by atoms with Gasteiger partial charge < -0.3 is 15.2 Å². The predicted molar refractivity (Wildman–Crippen MR) is 86.2 cm³/mol. The highest BCUT2D eigenvalue weighted by Crippen LogP contribution is 2.32. The molecule has 4 heteroatoms. The number of hydrogen-bond donors (Lipinski definition) is 1. The number of nitrogen functional groups attached to an aromatic ring is 1. The summed E-state index contributed by atoms with van der Waals surface area (Å²) in [6, 6.07) is 11.2. The maximum atomic E-state index is 11.7. The van der Waals surface area contributed by atoms with Crippen LogP contribution in [0.25, 0.3) is 6.08 Å². The third-order valence-corrected chi connectivity index (χ3v) is 3.56. The van der Waals surface area contributed by atoms with Crippen molar-refractivity contribution in [2.24, 2.45) is 0 Å². The summed E-state index contributed by atoms with van der Waals surface area (Å²) in [5.74, 6) is 1.56. The van der Waals surface area contributed by atoms with Gasteiger partial charge in [0.1, 0.15) is 0 Å². The van der Waals surface area contributed by atoms with Crippen molar-refractivity contribution in [2.75, 3.05) is 12.5 Å². The summed E-state index contributed by atoms with van der Waals surface area (Å²) in [6.45, 7) is 1.83. The molecule has 1 heterocycles. The van der Waals surface area contributed by atoms with Crippen LogP contribution in [0.1, 0.15) is 28.4 Å². The van der Waals surface area contributed by atoms with Crippen molar-refractivity contribution in [3.63, 3.8) is 0 Å². The Morgan fingerprint density at radius 2 is 2.00 bits per heavy atom. The first-order valence-corrected chi connectivity index (χ1v) is 7.09. The largest absolute Gasteiger partial charge is 0.454 e. The Kier molecular flexibility index (Phi) is 3.83. The molecular formula is C18H17NO3. The predicted octanol–water partition coefficient (Wildman–Crippen LogP) is 3.46. The van der Waals surface area contributed by atoms with Crippen LogP contribution in [0.5, 0.6) is 11.5 Å². The summed E-state index contributed by atoms with van der Waals surface area (Å²) in [5, 5.41) is 0. The van der Waals surface area contributed by atoms with Crippen molar-refractivity contribution in [3.8, 4) is 11.5 Å². The van der Waals surface area contributed by atoms with Crippen molar-refractivity contribution in [2.45, 2.75) is 13.3 Å². The highest BCUT2D eigenvalue weighted by atomic mass is 16.7. The number of carbonyl (C=O) groups excluding carboxylic acids is 1. The molecule has 1 aliphatic rings. The van der Waals surface area contributed by atoms with E-state index in [0.29, 0.717) is 17.7 Å². The van der Waals surface area contributed by atoms with E-state index in [1.807, 2.05) is 42.5 Å². The van der Waals surface area contributed by atoms with Crippen molar-refractivity contribution in [1.82, 2.24) is 0 Å². The number of rotatable bonds is 4. The van der Waals surface area contributed by atoms with E-state index in [9.17, 15) is 4.79 Å². The molecule has 0 radical (unpaired) electrons. The normalized spacial score (nSPS) is 12.8. The van der Waals surface area contributed by atoms with Crippen LogP contribution < -0.4 is 15.2 Å². The fourth-order valence-corrected chi connectivity index (χ4v) is 2.44. The van der Waals surface area contributed by atoms with Crippen LogP contribution in [0.4, 0.5) is 5.69 Å². The fraction of sp³-hybridized carbons (Fsp3) is 0.167. The van der Waals surface area contributed by atoms with Crippen LogP contribution in [-0.2, 0) is 6.42 Å². The van der Waals surface area contributed by atoms with Gasteiger partial charge in [-0.3, -0.25) is 4.79 Å². The number of nitrogens with two attached hydrogens (primary N) is 1. The Labute approximate surface area is 129 Å². The van der Waals surface area contributed by atoms with Crippen molar-refractivity contribution < 1.29 is 14.3 Å². The molecule has 22 heavy (non-hydrogen) atoms. The minimum absolute atomic E-state index is 0.0266. The molecule has 112 valence electrons. The minimum atomic E-state index is 0.0266. The molecule has 0 aliphatic carbocycles. The number of allylic oxidation sites excluding steroid dienone is 1. The van der Waals surface area contributed by atoms with Gasteiger partial charge in [-0.15, -0.1) is 0 Å². The van der Waals surface area contributed by atoms with Gasteiger partial charge in [-0.2, -0.15) is 0 Å². The summed E-state index contributed by atoms with van der Waals surface area (Å²) in [7, 11) is 0. The minimum Gasteiger partial charge on any atom is -0.454 e. The van der Waals surface area contributed by atoms with Gasteiger partial charge in [0.05, 0.1) is 0 Å². The Balaban J connectivity index is 1.76. The molecule has 4 nitrogen and oxygen atoms in total. The molecule has 0 aromatic heterocycles. The van der Waals surface area contributed by atoms with Crippen molar-refractivity contribution >= 4 is 17.5 Å². The van der Waals surface area contributed by atoms with E-state index in [1.54, 1.807) is 13.0 Å². The van der Waals surface area contributed by atoms with Gasteiger partial charge in [0.15, 0.2) is 17.3 Å². The molecule has 3 rings (SSSR count). The van der Waals surface area contributed by atoms with E-state index in [-0.39, 0.29) is 12.6 Å². The molecule has 0 bridgehead atoms. The third-order valence-electron chi connectivity index (χ3n) is 3.56. The molecule has 2 N–H and O–H groups in total. The second-order valence-electron chi connectivity index (χ2n) is 5.19. The highest BCUT2D eigenvalue weighted by molar-refractivity contribution is 5.96. The second-order valence-corrected chi connectivity index (χ2v) is 5.19. The maximum absolute atomic E-state index is 11.7. The first-order valence-electron chi connectivity index (χ1n) is 7.09. The lowest BCUT2D eigenvalue weighted by Gasteiger charge is -2.05. The molecule has 0 saturated carbocycles. The van der Waals surface area contributed by atoms with Gasteiger partial charge in [0.25, 0.3) is 0 Å². The number of Topliss-reactive ketones (excluding diaryl/α,β-unsaturated/α-hetero) is 1. The average Bonchev–Trinajstić information content (AvgIpc) is 2.96. The second kappa shape index (κ2) is 5.93. The Morgan fingerprint density at radius 1 is 1.18 bits per heavy atom. The smallest absolute Gasteiger partial charge is 0.231 e. The van der Waals surface area contributed by atoms with E-state index < -0.39 is 0 Å². The summed E-state index contributed by atoms with van der Waals surface area (Å²) in [6.07, 6.45) is 4.70. The standard InChI is InChI=1S/C18H17NO3/c1-12(20)16-10-15(19)7-6-14(16)4-2-3-13-5-8-17-18(9-13)22-11-21-17/h2-3,5-10H,4,11,19H2,1H3/b3-2+. The van der Waals surface area contributed by atoms with E-state index in [2.05, 4.69) is 0 Å². The van der Waals surface area contributed by atoms with Gasteiger partial charge in [0.2, 0.25) is 6.79 Å². The van der Waals surface area contributed by atoms with Crippen molar-refractivity contribution in [3.05, 3.63) is 59.2 Å². The molecule has 1 aliphatic heterocycles. The van der Waals surface area contributed by atoms with E-state index >= 15 is 0 Å². The van der Waals surface area contributed by atoms with Crippen LogP contribution in [-0.4, -0.2) is 12.6 Å². The lowest BCUT2D eigenvalue weighted by Crippen LogP contribution is -2.00. The molecule has 0 fully saturated rings. The van der Waals surface area contributed by atoms with Crippen molar-refractivity contribution in [1.29, 1.82) is 0 Å². The Morgan fingerprint density at radius 3 is 2.82 bits per heavy atom. The highest BCUT2D eigenvalue weighted by Gasteiger charge is 2.12. The molecule has 0 unspecified atom stereocenters. The zero-order chi connectivity index (χ0) is 15.5. The Bertz CT molecular complexity index is 750. The van der Waals surface area contributed by atoms with E-state index in [4.69, 9.17) is 15.2 Å². The fourth-order valence-electron chi connectivity index (χ4n) is 2.44. The summed E-state index contributed by atoms with van der Waals surface area (Å²) >= 11 is 0. The number of anilines is 1. The van der Waals surface area contributed by atoms with Gasteiger partial charge in [-0.1, -0.05) is 24.3 Å². The first kappa shape index (κ1) is 14.2. The van der Waals surface area contributed by atoms with Gasteiger partial charge in [-0.25, -0.2) is 0 Å². The summed E-state index contributed by atoms with van der Waals surface area (Å²) in [4.78, 5) is 11.7. The van der Waals surface area contributed by atoms with Gasteiger partial charge >= 0.3 is 0 Å². The van der Waals surface area contributed by atoms with Crippen LogP contribution in [0, 0.1) is 0 Å². The first-order chi connectivity index (χ1) is 10.6. The summed E-state index contributed by atoms with van der Waals surface area (Å²) in [5.41, 5.74) is 9.03. The topological polar surface area (TPSA) is 61.6 Å². The number of benzene rings is 2. The zero-order valence-corrected chi connectivity index (χ0v) is 12.3. The number of fused-ring (bicyclic) bond motifs is 1. The molecular weight excluding hydrogens is 278 g/mol. The quantitative estimate of drug-likeness (QED) is 0.693. The third kappa shape index (κ3) is 2.96. The van der Waals surface area contributed by atoms with E-state index in [1.165, 1.54) is 0 Å². The van der Waals surface area contributed by atoms with Gasteiger partial charge in [0, 0.05) is 11.3 Å². The zero-order valence-electron chi connectivity index (χ0n) is 12.3. The molecule has 0 spiro atoms. The molecule has 0 saturated heterocycles. The summed E-state index contributed by atoms with van der Waals surface area (Å²) < 4.78 is 10.6. The average molecular weight is 295 g/mol. The molecule has 2 aromatic carbocycles. The SMILES string of the molecule is CC(=O)c1cc(N)ccc1C/C=C/c1ccc2c(c1)OCO2. The molecule has 0 amide bonds. The molecule has 2 aromatic rings. The van der Waals surface area contributed by atoms with Crippen LogP contribution in [0.15, 0.2) is 42.5 Å².